The summed E-state index contributed by atoms with van der Waals surface area (Å²) in [6.07, 6.45) is 3.52. The van der Waals surface area contributed by atoms with Crippen molar-refractivity contribution in [2.45, 2.75) is 13.5 Å². The Kier molecular flexibility index (Phi) is 8.43. The molecule has 3 aromatic heterocycles. The van der Waals surface area contributed by atoms with Crippen LogP contribution in [0.1, 0.15) is 21.6 Å². The molecule has 1 saturated heterocycles. The lowest BCUT2D eigenvalue weighted by Crippen LogP contribution is -2.43. The molecule has 1 fully saturated rings. The molecular weight excluding hydrogens is 610 g/mol. The smallest absolute Gasteiger partial charge is 0.268 e. The van der Waals surface area contributed by atoms with E-state index in [1.165, 1.54) is 52.6 Å². The van der Waals surface area contributed by atoms with Crippen LogP contribution in [0.25, 0.3) is 39.0 Å². The van der Waals surface area contributed by atoms with Crippen LogP contribution in [0.4, 0.5) is 14.5 Å². The van der Waals surface area contributed by atoms with Gasteiger partial charge in [-0.3, -0.25) is 19.1 Å². The average Bonchev–Trinajstić information content (AvgIpc) is 3.51. The van der Waals surface area contributed by atoms with Gasteiger partial charge in [0, 0.05) is 84.3 Å². The van der Waals surface area contributed by atoms with Gasteiger partial charge in [-0.15, -0.1) is 0 Å². The zero-order valence-electron chi connectivity index (χ0n) is 26.6. The maximum atomic E-state index is 15.4. The van der Waals surface area contributed by atoms with Crippen LogP contribution in [0.5, 0.6) is 0 Å². The largest absolute Gasteiger partial charge is 0.346 e. The van der Waals surface area contributed by atoms with Crippen molar-refractivity contribution in [1.29, 1.82) is 0 Å². The van der Waals surface area contributed by atoms with E-state index >= 15 is 4.39 Å². The van der Waals surface area contributed by atoms with E-state index in [0.29, 0.717) is 28.3 Å². The Morgan fingerprint density at radius 2 is 1.69 bits per heavy atom. The van der Waals surface area contributed by atoms with Gasteiger partial charge in [0.05, 0.1) is 0 Å². The molecular formula is C38H34F2N6O2. The third-order valence-electron chi connectivity index (χ3n) is 8.91. The fourth-order valence-corrected chi connectivity index (χ4v) is 6.22. The number of carbonyl (C=O) groups excluding carboxylic acids is 1. The molecule has 1 aliphatic heterocycles. The van der Waals surface area contributed by atoms with E-state index in [9.17, 15) is 14.0 Å². The molecule has 0 unspecified atom stereocenters. The summed E-state index contributed by atoms with van der Waals surface area (Å²) < 4.78 is 30.2. The molecule has 0 bridgehead atoms. The molecule has 0 aliphatic carbocycles. The number of pyridine rings is 2. The highest BCUT2D eigenvalue weighted by atomic mass is 19.1. The molecule has 3 aromatic carbocycles. The molecule has 10 heteroatoms. The SMILES string of the molecule is Cc1ccc(C(=O)Nc2ccc(F)c(-c3c[nH]c4ncc(-c5cccc(CN6CCN(C)CC6)c5)cc34)c2)c(=O)n1-c1ccc(F)cc1. The number of nitrogens with one attached hydrogen (secondary N) is 2. The predicted octanol–water partition coefficient (Wildman–Crippen LogP) is 6.63. The highest BCUT2D eigenvalue weighted by molar-refractivity contribution is 6.05. The Balaban J connectivity index is 1.16. The van der Waals surface area contributed by atoms with Gasteiger partial charge in [-0.2, -0.15) is 0 Å². The van der Waals surface area contributed by atoms with E-state index in [2.05, 4.69) is 56.4 Å². The molecule has 0 radical (unpaired) electrons. The van der Waals surface area contributed by atoms with Crippen molar-refractivity contribution in [3.63, 3.8) is 0 Å². The monoisotopic (exact) mass is 644 g/mol. The van der Waals surface area contributed by atoms with Gasteiger partial charge in [-0.1, -0.05) is 18.2 Å². The molecule has 0 atom stereocenters. The maximum Gasteiger partial charge on any atom is 0.268 e. The number of carbonyl (C=O) groups is 1. The van der Waals surface area contributed by atoms with Crippen molar-refractivity contribution in [1.82, 2.24) is 24.3 Å². The minimum atomic E-state index is -0.646. The molecule has 6 aromatic rings. The fourth-order valence-electron chi connectivity index (χ4n) is 6.22. The Hall–Kier alpha value is -5.45. The number of rotatable bonds is 7. The molecule has 242 valence electrons. The van der Waals surface area contributed by atoms with Crippen LogP contribution in [0.2, 0.25) is 0 Å². The Labute approximate surface area is 276 Å². The number of fused-ring (bicyclic) bond motifs is 1. The number of piperazine rings is 1. The van der Waals surface area contributed by atoms with E-state index < -0.39 is 23.1 Å². The van der Waals surface area contributed by atoms with Gasteiger partial charge in [0.1, 0.15) is 22.8 Å². The summed E-state index contributed by atoms with van der Waals surface area (Å²) in [5.41, 5.74) is 5.31. The normalized spacial score (nSPS) is 14.0. The predicted molar refractivity (Wildman–Crippen MR) is 184 cm³/mol. The summed E-state index contributed by atoms with van der Waals surface area (Å²) in [7, 11) is 2.15. The summed E-state index contributed by atoms with van der Waals surface area (Å²) in [6.45, 7) is 6.78. The van der Waals surface area contributed by atoms with E-state index in [-0.39, 0.29) is 11.1 Å². The number of benzene rings is 3. The number of nitrogens with zero attached hydrogens (tertiary/aromatic N) is 4. The quantitative estimate of drug-likeness (QED) is 0.204. The number of H-pyrrole nitrogens is 1. The first-order valence-corrected chi connectivity index (χ1v) is 15.8. The van der Waals surface area contributed by atoms with E-state index in [1.807, 2.05) is 12.3 Å². The second kappa shape index (κ2) is 13.0. The minimum absolute atomic E-state index is 0.105. The molecule has 7 rings (SSSR count). The molecule has 48 heavy (non-hydrogen) atoms. The average molecular weight is 645 g/mol. The van der Waals surface area contributed by atoms with Gasteiger partial charge in [-0.05, 0) is 91.8 Å². The molecule has 8 nitrogen and oxygen atoms in total. The van der Waals surface area contributed by atoms with Gasteiger partial charge in [-0.25, -0.2) is 13.8 Å². The van der Waals surface area contributed by atoms with Gasteiger partial charge in [0.15, 0.2) is 0 Å². The second-order valence-electron chi connectivity index (χ2n) is 12.3. The lowest BCUT2D eigenvalue weighted by molar-refractivity contribution is 0.102. The van der Waals surface area contributed by atoms with Crippen molar-refractivity contribution >= 4 is 22.6 Å². The molecule has 2 N–H and O–H groups in total. The van der Waals surface area contributed by atoms with E-state index in [1.54, 1.807) is 25.3 Å². The zero-order chi connectivity index (χ0) is 33.4. The molecule has 0 saturated carbocycles. The Morgan fingerprint density at radius 3 is 2.48 bits per heavy atom. The summed E-state index contributed by atoms with van der Waals surface area (Å²) in [6, 6.07) is 23.3. The van der Waals surface area contributed by atoms with Crippen molar-refractivity contribution in [2.75, 3.05) is 38.5 Å². The molecule has 1 aliphatic rings. The first kappa shape index (κ1) is 31.2. The summed E-state index contributed by atoms with van der Waals surface area (Å²) in [4.78, 5) is 39.3. The lowest BCUT2D eigenvalue weighted by atomic mass is 10.00. The number of aromatic nitrogens is 3. The molecule has 4 heterocycles. The van der Waals surface area contributed by atoms with Gasteiger partial charge < -0.3 is 15.2 Å². The molecule has 0 spiro atoms. The topological polar surface area (TPSA) is 86.3 Å². The van der Waals surface area contributed by atoms with Crippen molar-refractivity contribution in [2.24, 2.45) is 0 Å². The number of aryl methyl sites for hydroxylation is 1. The van der Waals surface area contributed by atoms with Crippen LogP contribution in [-0.4, -0.2) is 63.5 Å². The standard InChI is InChI=1S/C38H34F2N6O2/c1-24-6-12-31(38(48)46(24)30-10-7-28(39)8-11-30)37(47)43-29-9-13-35(40)32(20-29)34-22-42-36-33(34)19-27(21-41-36)26-5-3-4-25(18-26)23-45-16-14-44(2)15-17-45/h3-13,18-22H,14-17,23H2,1-2H3,(H,41,42)(H,43,47). The van der Waals surface area contributed by atoms with Gasteiger partial charge in [0.2, 0.25) is 0 Å². The molecule has 1 amide bonds. The summed E-state index contributed by atoms with van der Waals surface area (Å²) in [5.74, 6) is -1.55. The number of likely N-dealkylation sites (N-methyl/N-ethyl adjacent to an activating group) is 1. The van der Waals surface area contributed by atoms with Crippen LogP contribution in [0.15, 0.2) is 102 Å². The number of aromatic amines is 1. The minimum Gasteiger partial charge on any atom is -0.346 e. The van der Waals surface area contributed by atoms with E-state index in [4.69, 9.17) is 0 Å². The van der Waals surface area contributed by atoms with Crippen molar-refractivity contribution < 1.29 is 13.6 Å². The number of amides is 1. The van der Waals surface area contributed by atoms with Crippen LogP contribution >= 0.6 is 0 Å². The van der Waals surface area contributed by atoms with Crippen molar-refractivity contribution in [3.05, 3.63) is 136 Å². The fraction of sp³-hybridized carbons (Fsp3) is 0.184. The highest BCUT2D eigenvalue weighted by Crippen LogP contribution is 2.34. The van der Waals surface area contributed by atoms with Gasteiger partial charge in [0.25, 0.3) is 11.5 Å². The number of halogens is 2. The Morgan fingerprint density at radius 1 is 0.896 bits per heavy atom. The van der Waals surface area contributed by atoms with Crippen LogP contribution in [0.3, 0.4) is 0 Å². The lowest BCUT2D eigenvalue weighted by Gasteiger charge is -2.32. The first-order chi connectivity index (χ1) is 23.2. The maximum absolute atomic E-state index is 15.4. The van der Waals surface area contributed by atoms with E-state index in [0.717, 1.165) is 49.2 Å². The Bertz CT molecular complexity index is 2200. The summed E-state index contributed by atoms with van der Waals surface area (Å²) in [5, 5.41) is 3.49. The number of hydrogen-bond acceptors (Lipinski definition) is 5. The van der Waals surface area contributed by atoms with Gasteiger partial charge >= 0.3 is 0 Å². The third-order valence-corrected chi connectivity index (χ3v) is 8.91. The van der Waals surface area contributed by atoms with Crippen molar-refractivity contribution in [3.8, 4) is 27.9 Å². The highest BCUT2D eigenvalue weighted by Gasteiger charge is 2.19. The third kappa shape index (κ3) is 6.27. The number of hydrogen-bond donors (Lipinski definition) is 2. The van der Waals surface area contributed by atoms with Crippen LogP contribution < -0.4 is 10.9 Å². The second-order valence-corrected chi connectivity index (χ2v) is 12.3. The van der Waals surface area contributed by atoms with Crippen LogP contribution in [0, 0.1) is 18.6 Å². The summed E-state index contributed by atoms with van der Waals surface area (Å²) >= 11 is 0. The zero-order valence-corrected chi connectivity index (χ0v) is 26.6. The van der Waals surface area contributed by atoms with Crippen LogP contribution in [-0.2, 0) is 6.54 Å². The first-order valence-electron chi connectivity index (χ1n) is 15.8. The number of anilines is 1.